The molecule has 0 saturated carbocycles. The lowest BCUT2D eigenvalue weighted by atomic mass is 10.1. The van der Waals surface area contributed by atoms with Crippen molar-refractivity contribution >= 4 is 11.9 Å². The highest BCUT2D eigenvalue weighted by Crippen LogP contribution is 2.22. The number of hydrogen-bond donors (Lipinski definition) is 2. The van der Waals surface area contributed by atoms with Crippen LogP contribution >= 0.6 is 0 Å². The molecule has 0 aliphatic heterocycles. The SMILES string of the molecule is CCOC(=O)CC(O)C(O)c1ccc(C(=O)OC)o1. The van der Waals surface area contributed by atoms with Crippen molar-refractivity contribution in [1.82, 2.24) is 0 Å². The summed E-state index contributed by atoms with van der Waals surface area (Å²) < 4.78 is 14.1. The molecule has 1 heterocycles. The van der Waals surface area contributed by atoms with Crippen LogP contribution in [0, 0.1) is 0 Å². The summed E-state index contributed by atoms with van der Waals surface area (Å²) in [5.41, 5.74) is 0. The average molecular weight is 272 g/mol. The Morgan fingerprint density at radius 1 is 1.37 bits per heavy atom. The Morgan fingerprint density at radius 3 is 2.63 bits per heavy atom. The van der Waals surface area contributed by atoms with Gasteiger partial charge in [-0.3, -0.25) is 4.79 Å². The van der Waals surface area contributed by atoms with Gasteiger partial charge < -0.3 is 24.1 Å². The van der Waals surface area contributed by atoms with Gasteiger partial charge in [0.1, 0.15) is 11.9 Å². The minimum Gasteiger partial charge on any atom is -0.466 e. The maximum absolute atomic E-state index is 11.2. The van der Waals surface area contributed by atoms with Crippen molar-refractivity contribution in [3.8, 4) is 0 Å². The van der Waals surface area contributed by atoms with E-state index in [2.05, 4.69) is 9.47 Å². The first-order chi connectivity index (χ1) is 8.99. The first-order valence-electron chi connectivity index (χ1n) is 5.69. The Labute approximate surface area is 109 Å². The van der Waals surface area contributed by atoms with E-state index in [9.17, 15) is 19.8 Å². The minimum atomic E-state index is -1.43. The molecule has 0 amide bonds. The van der Waals surface area contributed by atoms with E-state index in [1.807, 2.05) is 0 Å². The van der Waals surface area contributed by atoms with Gasteiger partial charge in [0.25, 0.3) is 0 Å². The number of rotatable bonds is 6. The maximum atomic E-state index is 11.2. The smallest absolute Gasteiger partial charge is 0.373 e. The second kappa shape index (κ2) is 6.91. The molecule has 2 unspecified atom stereocenters. The van der Waals surface area contributed by atoms with Crippen LogP contribution in [0.1, 0.15) is 35.8 Å². The number of methoxy groups -OCH3 is 1. The van der Waals surface area contributed by atoms with Gasteiger partial charge in [-0.1, -0.05) is 0 Å². The topological polar surface area (TPSA) is 106 Å². The zero-order valence-corrected chi connectivity index (χ0v) is 10.7. The number of carbonyl (C=O) groups excluding carboxylic acids is 2. The predicted molar refractivity (Wildman–Crippen MR) is 62.3 cm³/mol. The Balaban J connectivity index is 2.66. The van der Waals surface area contributed by atoms with Crippen molar-refractivity contribution in [3.05, 3.63) is 23.7 Å². The third-order valence-electron chi connectivity index (χ3n) is 2.35. The number of hydrogen-bond acceptors (Lipinski definition) is 7. The monoisotopic (exact) mass is 272 g/mol. The lowest BCUT2D eigenvalue weighted by Crippen LogP contribution is -2.22. The van der Waals surface area contributed by atoms with E-state index in [1.165, 1.54) is 19.2 Å². The molecule has 0 aromatic carbocycles. The minimum absolute atomic E-state index is 0.0304. The van der Waals surface area contributed by atoms with Crippen LogP contribution in [0.25, 0.3) is 0 Å². The molecule has 0 spiro atoms. The molecule has 19 heavy (non-hydrogen) atoms. The maximum Gasteiger partial charge on any atom is 0.373 e. The van der Waals surface area contributed by atoms with Gasteiger partial charge in [-0.05, 0) is 19.1 Å². The van der Waals surface area contributed by atoms with Crippen LogP contribution in [0.4, 0.5) is 0 Å². The summed E-state index contributed by atoms with van der Waals surface area (Å²) >= 11 is 0. The summed E-state index contributed by atoms with van der Waals surface area (Å²) in [6.45, 7) is 1.82. The molecule has 106 valence electrons. The molecule has 7 heteroatoms. The molecular formula is C12H16O7. The highest BCUT2D eigenvalue weighted by molar-refractivity contribution is 5.86. The second-order valence-corrected chi connectivity index (χ2v) is 3.71. The number of aliphatic hydroxyl groups excluding tert-OH is 2. The van der Waals surface area contributed by atoms with Crippen LogP contribution in [-0.2, 0) is 14.3 Å². The Bertz CT molecular complexity index is 437. The van der Waals surface area contributed by atoms with Crippen LogP contribution < -0.4 is 0 Å². The first kappa shape index (κ1) is 15.2. The molecule has 2 atom stereocenters. The van der Waals surface area contributed by atoms with Crippen molar-refractivity contribution in [2.24, 2.45) is 0 Å². The van der Waals surface area contributed by atoms with Gasteiger partial charge in [0.15, 0.2) is 0 Å². The van der Waals surface area contributed by atoms with Crippen LogP contribution in [0.3, 0.4) is 0 Å². The van der Waals surface area contributed by atoms with Crippen LogP contribution in [0.15, 0.2) is 16.5 Å². The molecule has 1 rings (SSSR count). The number of carbonyl (C=O) groups is 2. The average Bonchev–Trinajstić information content (AvgIpc) is 2.86. The quantitative estimate of drug-likeness (QED) is 0.722. The first-order valence-corrected chi connectivity index (χ1v) is 5.69. The number of ether oxygens (including phenoxy) is 2. The summed E-state index contributed by atoms with van der Waals surface area (Å²) in [5.74, 6) is -1.45. The summed E-state index contributed by atoms with van der Waals surface area (Å²) in [5, 5.41) is 19.4. The van der Waals surface area contributed by atoms with Crippen LogP contribution in [-0.4, -0.2) is 42.0 Å². The van der Waals surface area contributed by atoms with E-state index in [1.54, 1.807) is 6.92 Å². The number of aliphatic hydroxyl groups is 2. The Morgan fingerprint density at radius 2 is 2.05 bits per heavy atom. The van der Waals surface area contributed by atoms with Crippen molar-refractivity contribution < 1.29 is 33.7 Å². The van der Waals surface area contributed by atoms with Crippen molar-refractivity contribution in [1.29, 1.82) is 0 Å². The standard InChI is InChI=1S/C12H16O7/c1-3-18-10(14)6-7(13)11(15)8-4-5-9(19-8)12(16)17-2/h4-5,7,11,13,15H,3,6H2,1-2H3. The molecular weight excluding hydrogens is 256 g/mol. The van der Waals surface area contributed by atoms with E-state index in [-0.39, 0.29) is 24.5 Å². The molecule has 0 bridgehead atoms. The van der Waals surface area contributed by atoms with E-state index in [4.69, 9.17) is 4.42 Å². The van der Waals surface area contributed by atoms with Gasteiger partial charge >= 0.3 is 11.9 Å². The summed E-state index contributed by atoms with van der Waals surface area (Å²) in [4.78, 5) is 22.3. The second-order valence-electron chi connectivity index (χ2n) is 3.71. The fourth-order valence-corrected chi connectivity index (χ4v) is 1.41. The third kappa shape index (κ3) is 4.08. The molecule has 2 N–H and O–H groups in total. The fraction of sp³-hybridized carbons (Fsp3) is 0.500. The molecule has 1 aromatic rings. The van der Waals surface area contributed by atoms with Gasteiger partial charge in [0.05, 0.1) is 26.2 Å². The van der Waals surface area contributed by atoms with E-state index >= 15 is 0 Å². The summed E-state index contributed by atoms with van der Waals surface area (Å²) in [6, 6.07) is 2.63. The zero-order chi connectivity index (χ0) is 14.4. The predicted octanol–water partition coefficient (Wildman–Crippen LogP) is 0.414. The highest BCUT2D eigenvalue weighted by Gasteiger charge is 2.25. The number of furan rings is 1. The van der Waals surface area contributed by atoms with Crippen LogP contribution in [0.2, 0.25) is 0 Å². The summed E-state index contributed by atoms with van der Waals surface area (Å²) in [7, 11) is 1.19. The van der Waals surface area contributed by atoms with Crippen molar-refractivity contribution in [3.63, 3.8) is 0 Å². The van der Waals surface area contributed by atoms with Gasteiger partial charge in [0, 0.05) is 0 Å². The largest absolute Gasteiger partial charge is 0.466 e. The molecule has 0 saturated heterocycles. The molecule has 0 aliphatic rings. The Hall–Kier alpha value is -1.86. The molecule has 0 aliphatic carbocycles. The van der Waals surface area contributed by atoms with Crippen LogP contribution in [0.5, 0.6) is 0 Å². The highest BCUT2D eigenvalue weighted by atomic mass is 16.5. The molecule has 0 fully saturated rings. The summed E-state index contributed by atoms with van der Waals surface area (Å²) in [6.07, 6.45) is -3.18. The Kier molecular flexibility index (Phi) is 5.53. The lowest BCUT2D eigenvalue weighted by Gasteiger charge is -2.14. The van der Waals surface area contributed by atoms with E-state index in [0.717, 1.165) is 0 Å². The van der Waals surface area contributed by atoms with Crippen molar-refractivity contribution in [2.75, 3.05) is 13.7 Å². The van der Waals surface area contributed by atoms with Crippen molar-refractivity contribution in [2.45, 2.75) is 25.6 Å². The van der Waals surface area contributed by atoms with Gasteiger partial charge in [0.2, 0.25) is 5.76 Å². The van der Waals surface area contributed by atoms with Gasteiger partial charge in [-0.2, -0.15) is 0 Å². The zero-order valence-electron chi connectivity index (χ0n) is 10.7. The molecule has 1 aromatic heterocycles. The normalized spacial score (nSPS) is 13.7. The third-order valence-corrected chi connectivity index (χ3v) is 2.35. The van der Waals surface area contributed by atoms with E-state index in [0.29, 0.717) is 0 Å². The fourth-order valence-electron chi connectivity index (χ4n) is 1.41. The number of esters is 2. The molecule has 7 nitrogen and oxygen atoms in total. The lowest BCUT2D eigenvalue weighted by molar-refractivity contribution is -0.147. The molecule has 0 radical (unpaired) electrons. The van der Waals surface area contributed by atoms with E-state index < -0.39 is 24.1 Å². The van der Waals surface area contributed by atoms with Gasteiger partial charge in [-0.25, -0.2) is 4.79 Å². The van der Waals surface area contributed by atoms with Gasteiger partial charge in [-0.15, -0.1) is 0 Å².